The summed E-state index contributed by atoms with van der Waals surface area (Å²) in [6, 6.07) is 2.04. The lowest BCUT2D eigenvalue weighted by Crippen LogP contribution is -2.34. The van der Waals surface area contributed by atoms with E-state index in [0.717, 1.165) is 12.3 Å². The van der Waals surface area contributed by atoms with Crippen LogP contribution in [0.4, 0.5) is 13.2 Å². The lowest BCUT2D eigenvalue weighted by Gasteiger charge is -2.26. The number of carbonyl (C=O) groups is 2. The molecule has 1 amide bonds. The summed E-state index contributed by atoms with van der Waals surface area (Å²) in [6.45, 7) is 1.54. The summed E-state index contributed by atoms with van der Waals surface area (Å²) < 4.78 is 42.3. The van der Waals surface area contributed by atoms with E-state index >= 15 is 0 Å². The Labute approximate surface area is 124 Å². The number of ether oxygens (including phenoxy) is 1. The van der Waals surface area contributed by atoms with E-state index in [1.807, 2.05) is 0 Å². The second-order valence-electron chi connectivity index (χ2n) is 4.81. The first kappa shape index (κ1) is 16.0. The number of aromatic nitrogens is 1. The molecule has 0 radical (unpaired) electrons. The molecule has 1 aromatic rings. The quantitative estimate of drug-likeness (QED) is 0.849. The lowest BCUT2D eigenvalue weighted by molar-refractivity contribution is -0.141. The largest absolute Gasteiger partial charge is 0.466 e. The molecule has 8 heteroatoms. The van der Waals surface area contributed by atoms with Crippen molar-refractivity contribution in [3.05, 3.63) is 40.9 Å². The third-order valence-electron chi connectivity index (χ3n) is 3.35. The number of allylic oxidation sites excluding steroid dienone is 1. The van der Waals surface area contributed by atoms with Crippen LogP contribution >= 0.6 is 0 Å². The van der Waals surface area contributed by atoms with Crippen LogP contribution in [0.15, 0.2) is 29.6 Å². The van der Waals surface area contributed by atoms with E-state index in [1.54, 1.807) is 0 Å². The number of pyridine rings is 1. The number of methoxy groups -OCH3 is 1. The second kappa shape index (κ2) is 5.78. The fourth-order valence-electron chi connectivity index (χ4n) is 2.35. The van der Waals surface area contributed by atoms with Crippen molar-refractivity contribution < 1.29 is 27.5 Å². The highest BCUT2D eigenvalue weighted by Gasteiger charge is 2.35. The number of rotatable bonds is 2. The summed E-state index contributed by atoms with van der Waals surface area (Å²) >= 11 is 0. The highest BCUT2D eigenvalue weighted by atomic mass is 19.4. The lowest BCUT2D eigenvalue weighted by atomic mass is 9.85. The van der Waals surface area contributed by atoms with Crippen molar-refractivity contribution >= 4 is 11.9 Å². The summed E-state index contributed by atoms with van der Waals surface area (Å²) in [5, 5.41) is 2.52. The number of nitrogens with one attached hydrogen (secondary N) is 1. The molecule has 118 valence electrons. The normalized spacial score (nSPS) is 19.0. The zero-order chi connectivity index (χ0) is 16.5. The van der Waals surface area contributed by atoms with Gasteiger partial charge in [-0.05, 0) is 18.6 Å². The molecule has 0 fully saturated rings. The van der Waals surface area contributed by atoms with Gasteiger partial charge in [0.25, 0.3) is 0 Å². The average Bonchev–Trinajstić information content (AvgIpc) is 2.45. The number of hydrogen-bond donors (Lipinski definition) is 1. The van der Waals surface area contributed by atoms with Crippen molar-refractivity contribution in [1.29, 1.82) is 0 Å². The molecule has 1 atom stereocenters. The molecule has 0 saturated carbocycles. The third-order valence-corrected chi connectivity index (χ3v) is 3.35. The topological polar surface area (TPSA) is 68.3 Å². The van der Waals surface area contributed by atoms with Crippen LogP contribution in [0.2, 0.25) is 0 Å². The van der Waals surface area contributed by atoms with Crippen LogP contribution < -0.4 is 5.32 Å². The smallest absolute Gasteiger partial charge is 0.433 e. The van der Waals surface area contributed by atoms with E-state index in [4.69, 9.17) is 0 Å². The van der Waals surface area contributed by atoms with Crippen molar-refractivity contribution in [2.75, 3.05) is 7.11 Å². The van der Waals surface area contributed by atoms with Crippen LogP contribution in [0.1, 0.15) is 30.5 Å². The molecule has 22 heavy (non-hydrogen) atoms. The number of halogens is 3. The molecule has 0 aliphatic carbocycles. The zero-order valence-electron chi connectivity index (χ0n) is 11.8. The highest BCUT2D eigenvalue weighted by molar-refractivity contribution is 5.95. The van der Waals surface area contributed by atoms with E-state index in [9.17, 15) is 22.8 Å². The molecule has 5 nitrogen and oxygen atoms in total. The first-order chi connectivity index (χ1) is 10.2. The average molecular weight is 314 g/mol. The van der Waals surface area contributed by atoms with E-state index < -0.39 is 23.8 Å². The van der Waals surface area contributed by atoms with Gasteiger partial charge >= 0.3 is 12.1 Å². The minimum Gasteiger partial charge on any atom is -0.466 e. The van der Waals surface area contributed by atoms with Gasteiger partial charge in [0.05, 0.1) is 12.7 Å². The van der Waals surface area contributed by atoms with E-state index in [-0.39, 0.29) is 17.9 Å². The third kappa shape index (κ3) is 3.10. The number of amides is 1. The molecule has 0 spiro atoms. The maximum atomic E-state index is 12.5. The first-order valence-electron chi connectivity index (χ1n) is 6.36. The van der Waals surface area contributed by atoms with Gasteiger partial charge in [0.2, 0.25) is 5.91 Å². The number of hydrogen-bond acceptors (Lipinski definition) is 4. The molecule has 0 saturated heterocycles. The molecular weight excluding hydrogens is 301 g/mol. The summed E-state index contributed by atoms with van der Waals surface area (Å²) in [4.78, 5) is 26.9. The Hall–Kier alpha value is -2.38. The summed E-state index contributed by atoms with van der Waals surface area (Å²) in [7, 11) is 1.20. The molecule has 1 N–H and O–H groups in total. The maximum absolute atomic E-state index is 12.5. The van der Waals surface area contributed by atoms with Crippen molar-refractivity contribution in [3.63, 3.8) is 0 Å². The van der Waals surface area contributed by atoms with Crippen LogP contribution in [-0.4, -0.2) is 24.0 Å². The van der Waals surface area contributed by atoms with Crippen molar-refractivity contribution in [2.24, 2.45) is 0 Å². The number of esters is 1. The minimum atomic E-state index is -4.54. The SMILES string of the molecule is COC(=O)C1=C(C)NC(=O)CC1c1ccc(C(F)(F)F)nc1. The van der Waals surface area contributed by atoms with Crippen LogP contribution in [0.3, 0.4) is 0 Å². The Morgan fingerprint density at radius 3 is 2.59 bits per heavy atom. The molecule has 1 aliphatic heterocycles. The second-order valence-corrected chi connectivity index (χ2v) is 4.81. The molecule has 1 aromatic heterocycles. The molecule has 0 aromatic carbocycles. The van der Waals surface area contributed by atoms with Gasteiger partial charge in [0.15, 0.2) is 0 Å². The fraction of sp³-hybridized carbons (Fsp3) is 0.357. The number of alkyl halides is 3. The Morgan fingerprint density at radius 1 is 1.41 bits per heavy atom. The Morgan fingerprint density at radius 2 is 2.09 bits per heavy atom. The Kier molecular flexibility index (Phi) is 4.20. The molecule has 1 aliphatic rings. The standard InChI is InChI=1S/C14H13F3N2O3/c1-7-12(13(21)22-2)9(5-11(20)19-7)8-3-4-10(18-6-8)14(15,16)17/h3-4,6,9H,5H2,1-2H3,(H,19,20). The fourth-order valence-corrected chi connectivity index (χ4v) is 2.35. The van der Waals surface area contributed by atoms with Crippen LogP contribution in [0.5, 0.6) is 0 Å². The first-order valence-corrected chi connectivity index (χ1v) is 6.36. The Bertz CT molecular complexity index is 636. The summed E-state index contributed by atoms with van der Waals surface area (Å²) in [5.41, 5.74) is -0.143. The molecule has 2 rings (SSSR count). The van der Waals surface area contributed by atoms with Gasteiger partial charge in [-0.15, -0.1) is 0 Å². The molecule has 1 unspecified atom stereocenters. The van der Waals surface area contributed by atoms with Crippen molar-refractivity contribution in [3.8, 4) is 0 Å². The van der Waals surface area contributed by atoms with Gasteiger partial charge in [-0.3, -0.25) is 9.78 Å². The summed E-state index contributed by atoms with van der Waals surface area (Å²) in [6.07, 6.45) is -3.57. The molecule has 2 heterocycles. The number of nitrogens with zero attached hydrogens (tertiary/aromatic N) is 1. The van der Waals surface area contributed by atoms with Gasteiger partial charge < -0.3 is 10.1 Å². The van der Waals surface area contributed by atoms with Crippen LogP contribution in [-0.2, 0) is 20.5 Å². The van der Waals surface area contributed by atoms with Gasteiger partial charge in [0.1, 0.15) is 5.69 Å². The zero-order valence-corrected chi connectivity index (χ0v) is 11.8. The van der Waals surface area contributed by atoms with E-state index in [2.05, 4.69) is 15.0 Å². The van der Waals surface area contributed by atoms with Crippen LogP contribution in [0, 0.1) is 0 Å². The van der Waals surface area contributed by atoms with Gasteiger partial charge in [-0.2, -0.15) is 13.2 Å². The predicted octanol–water partition coefficient (Wildman–Crippen LogP) is 2.15. The summed E-state index contributed by atoms with van der Waals surface area (Å²) in [5.74, 6) is -1.64. The Balaban J connectivity index is 2.42. The van der Waals surface area contributed by atoms with E-state index in [0.29, 0.717) is 11.3 Å². The predicted molar refractivity (Wildman–Crippen MR) is 69.5 cm³/mol. The highest BCUT2D eigenvalue weighted by Crippen LogP contribution is 2.34. The monoisotopic (exact) mass is 314 g/mol. The van der Waals surface area contributed by atoms with Gasteiger partial charge in [-0.1, -0.05) is 6.07 Å². The molecular formula is C14H13F3N2O3. The van der Waals surface area contributed by atoms with Crippen LogP contribution in [0.25, 0.3) is 0 Å². The van der Waals surface area contributed by atoms with E-state index in [1.165, 1.54) is 20.1 Å². The van der Waals surface area contributed by atoms with Crippen molar-refractivity contribution in [2.45, 2.75) is 25.4 Å². The molecule has 0 bridgehead atoms. The van der Waals surface area contributed by atoms with Gasteiger partial charge in [-0.25, -0.2) is 4.79 Å². The number of carbonyl (C=O) groups excluding carboxylic acids is 2. The van der Waals surface area contributed by atoms with Gasteiger partial charge in [0, 0.05) is 24.2 Å². The minimum absolute atomic E-state index is 0.0607. The maximum Gasteiger partial charge on any atom is 0.433 e. The van der Waals surface area contributed by atoms with Crippen molar-refractivity contribution in [1.82, 2.24) is 10.3 Å².